The number of hydrogen-bond donors (Lipinski definition) is 0. The van der Waals surface area contributed by atoms with Gasteiger partial charge in [0.15, 0.2) is 0 Å². The first-order valence-electron chi connectivity index (χ1n) is 19.5. The molecule has 47 heavy (non-hydrogen) atoms. The van der Waals surface area contributed by atoms with Crippen molar-refractivity contribution < 1.29 is 15.4 Å². The summed E-state index contributed by atoms with van der Waals surface area (Å²) in [6.45, 7) is 0. The predicted octanol–water partition coefficient (Wildman–Crippen LogP) is 13.2. The van der Waals surface area contributed by atoms with Gasteiger partial charge in [0.25, 0.3) is 0 Å². The second-order valence-electron chi connectivity index (χ2n) is 11.9. The molecule has 0 aliphatic carbocycles. The molecule has 0 saturated carbocycles. The van der Waals surface area contributed by atoms with Crippen LogP contribution in [0, 0.1) is 0 Å². The molecule has 9 aromatic carbocycles. The standard InChI is InChI=1S/C46H28O/c1-2-12-31-26-33(21-20-29(31)10-1)32-13-9-14-34(27-32)44-37-16-5-7-18-39(37)45(40-19-8-6-17-38(40)44)35-23-25-43-42(28-35)41-24-22-30-11-3-4-15-36(30)46(41)47-43/h1-28H/i5D,6D,7D,8D,16D,17D,18D,19D. The molecule has 0 spiro atoms. The van der Waals surface area contributed by atoms with Gasteiger partial charge in [0.05, 0.1) is 11.0 Å². The molecule has 1 heteroatoms. The summed E-state index contributed by atoms with van der Waals surface area (Å²) < 4.78 is 79.2. The molecule has 1 heterocycles. The van der Waals surface area contributed by atoms with Crippen molar-refractivity contribution in [1.82, 2.24) is 0 Å². The Kier molecular flexibility index (Phi) is 4.19. The zero-order valence-corrected chi connectivity index (χ0v) is 25.0. The summed E-state index contributed by atoms with van der Waals surface area (Å²) in [6, 6.07) is 36.4. The van der Waals surface area contributed by atoms with E-state index >= 15 is 0 Å². The molecule has 1 aromatic heterocycles. The number of furan rings is 1. The second kappa shape index (κ2) is 10.2. The zero-order valence-electron chi connectivity index (χ0n) is 33.0. The molecule has 0 bridgehead atoms. The predicted molar refractivity (Wildman–Crippen MR) is 200 cm³/mol. The lowest BCUT2D eigenvalue weighted by molar-refractivity contribution is 0.672. The molecule has 0 radical (unpaired) electrons. The number of benzene rings is 9. The highest BCUT2D eigenvalue weighted by Crippen LogP contribution is 2.45. The van der Waals surface area contributed by atoms with Crippen LogP contribution in [-0.4, -0.2) is 0 Å². The summed E-state index contributed by atoms with van der Waals surface area (Å²) >= 11 is 0. The van der Waals surface area contributed by atoms with Gasteiger partial charge in [0.2, 0.25) is 0 Å². The van der Waals surface area contributed by atoms with Crippen LogP contribution in [0.4, 0.5) is 0 Å². The number of hydrogen-bond acceptors (Lipinski definition) is 1. The van der Waals surface area contributed by atoms with E-state index in [-0.39, 0.29) is 45.7 Å². The third kappa shape index (κ3) is 4.03. The maximum absolute atomic E-state index is 9.38. The van der Waals surface area contributed by atoms with Crippen molar-refractivity contribution in [3.8, 4) is 33.4 Å². The monoisotopic (exact) mass is 604 g/mol. The minimum atomic E-state index is -0.434. The summed E-state index contributed by atoms with van der Waals surface area (Å²) in [6.07, 6.45) is 0. The van der Waals surface area contributed by atoms with Crippen molar-refractivity contribution in [2.45, 2.75) is 0 Å². The van der Waals surface area contributed by atoms with Crippen molar-refractivity contribution in [2.75, 3.05) is 0 Å². The Bertz CT molecular complexity index is 3230. The normalized spacial score (nSPS) is 14.2. The highest BCUT2D eigenvalue weighted by molar-refractivity contribution is 6.23. The third-order valence-corrected chi connectivity index (χ3v) is 9.26. The average Bonchev–Trinajstić information content (AvgIpc) is 3.60. The van der Waals surface area contributed by atoms with Crippen molar-refractivity contribution in [1.29, 1.82) is 0 Å². The van der Waals surface area contributed by atoms with Crippen LogP contribution in [0.1, 0.15) is 11.0 Å². The van der Waals surface area contributed by atoms with Gasteiger partial charge in [-0.25, -0.2) is 0 Å². The molecule has 0 aliphatic heterocycles. The Morgan fingerprint density at radius 3 is 1.68 bits per heavy atom. The quantitative estimate of drug-likeness (QED) is 0.183. The zero-order chi connectivity index (χ0) is 37.9. The van der Waals surface area contributed by atoms with Crippen molar-refractivity contribution in [3.63, 3.8) is 0 Å². The summed E-state index contributed by atoms with van der Waals surface area (Å²) in [7, 11) is 0. The molecular formula is C46H28O. The molecular weight excluding hydrogens is 569 g/mol. The summed E-state index contributed by atoms with van der Waals surface area (Å²) in [5.41, 5.74) is 4.82. The van der Waals surface area contributed by atoms with E-state index in [1.54, 1.807) is 6.07 Å². The maximum atomic E-state index is 9.38. The Hall–Kier alpha value is -6.18. The molecule has 0 saturated heterocycles. The first-order valence-corrected chi connectivity index (χ1v) is 15.5. The minimum absolute atomic E-state index is 0.173. The van der Waals surface area contributed by atoms with Crippen LogP contribution in [0.15, 0.2) is 174 Å². The van der Waals surface area contributed by atoms with E-state index in [0.29, 0.717) is 33.4 Å². The largest absolute Gasteiger partial charge is 0.455 e. The molecule has 0 amide bonds. The molecule has 0 N–H and O–H groups in total. The Morgan fingerprint density at radius 1 is 0.362 bits per heavy atom. The fraction of sp³-hybridized carbons (Fsp3) is 0. The van der Waals surface area contributed by atoms with Gasteiger partial charge in [-0.2, -0.15) is 0 Å². The van der Waals surface area contributed by atoms with Gasteiger partial charge >= 0.3 is 0 Å². The molecule has 0 atom stereocenters. The molecule has 10 aromatic rings. The number of fused-ring (bicyclic) bond motifs is 8. The summed E-state index contributed by atoms with van der Waals surface area (Å²) in [5.74, 6) is 0. The van der Waals surface area contributed by atoms with Crippen LogP contribution in [0.2, 0.25) is 0 Å². The van der Waals surface area contributed by atoms with Gasteiger partial charge in [-0.05, 0) is 101 Å². The topological polar surface area (TPSA) is 13.1 Å². The average molecular weight is 605 g/mol. The van der Waals surface area contributed by atoms with E-state index < -0.39 is 24.2 Å². The van der Waals surface area contributed by atoms with Gasteiger partial charge in [-0.1, -0.05) is 139 Å². The maximum Gasteiger partial charge on any atom is 0.143 e. The van der Waals surface area contributed by atoms with Gasteiger partial charge in [0.1, 0.15) is 11.2 Å². The van der Waals surface area contributed by atoms with E-state index in [4.69, 9.17) is 9.90 Å². The van der Waals surface area contributed by atoms with Crippen LogP contribution in [-0.2, 0) is 0 Å². The Balaban J connectivity index is 1.35. The first-order chi connectivity index (χ1) is 26.6. The van der Waals surface area contributed by atoms with E-state index in [0.717, 1.165) is 43.4 Å². The fourth-order valence-electron chi connectivity index (χ4n) is 7.09. The highest BCUT2D eigenvalue weighted by Gasteiger charge is 2.18. The van der Waals surface area contributed by atoms with Crippen LogP contribution in [0.25, 0.3) is 98.4 Å². The number of rotatable bonds is 3. The van der Waals surface area contributed by atoms with Crippen LogP contribution < -0.4 is 0 Å². The van der Waals surface area contributed by atoms with Crippen LogP contribution in [0.3, 0.4) is 0 Å². The van der Waals surface area contributed by atoms with Gasteiger partial charge in [-0.3, -0.25) is 0 Å². The molecule has 0 unspecified atom stereocenters. The van der Waals surface area contributed by atoms with E-state index in [1.165, 1.54) is 0 Å². The van der Waals surface area contributed by atoms with Crippen molar-refractivity contribution in [3.05, 3.63) is 170 Å². The van der Waals surface area contributed by atoms with Crippen LogP contribution >= 0.6 is 0 Å². The second-order valence-corrected chi connectivity index (χ2v) is 11.9. The lowest BCUT2D eigenvalue weighted by atomic mass is 9.85. The Morgan fingerprint density at radius 2 is 0.936 bits per heavy atom. The lowest BCUT2D eigenvalue weighted by Crippen LogP contribution is -1.91. The van der Waals surface area contributed by atoms with Crippen LogP contribution in [0.5, 0.6) is 0 Å². The first kappa shape index (κ1) is 19.4. The summed E-state index contributed by atoms with van der Waals surface area (Å²) in [4.78, 5) is 0. The van der Waals surface area contributed by atoms with Gasteiger partial charge in [-0.15, -0.1) is 0 Å². The van der Waals surface area contributed by atoms with E-state index in [2.05, 4.69) is 6.07 Å². The molecule has 0 fully saturated rings. The molecule has 1 nitrogen and oxygen atoms in total. The van der Waals surface area contributed by atoms with Gasteiger partial charge in [0, 0.05) is 16.2 Å². The minimum Gasteiger partial charge on any atom is -0.455 e. The van der Waals surface area contributed by atoms with Crippen molar-refractivity contribution in [2.24, 2.45) is 0 Å². The smallest absolute Gasteiger partial charge is 0.143 e. The fourth-order valence-corrected chi connectivity index (χ4v) is 7.09. The van der Waals surface area contributed by atoms with Gasteiger partial charge < -0.3 is 4.42 Å². The Labute approximate surface area is 283 Å². The molecule has 218 valence electrons. The molecule has 0 aliphatic rings. The highest BCUT2D eigenvalue weighted by atomic mass is 16.3. The summed E-state index contributed by atoms with van der Waals surface area (Å²) in [5, 5.41) is 6.46. The third-order valence-electron chi connectivity index (χ3n) is 9.26. The van der Waals surface area contributed by atoms with E-state index in [9.17, 15) is 5.48 Å². The van der Waals surface area contributed by atoms with Crippen molar-refractivity contribution >= 4 is 65.0 Å². The molecule has 10 rings (SSSR count). The van der Waals surface area contributed by atoms with E-state index in [1.807, 2.05) is 109 Å². The lowest BCUT2D eigenvalue weighted by Gasteiger charge is -2.18. The SMILES string of the molecule is [2H]c1c([2H])c([2H])c2c(-c3ccc4oc5c6ccccc6ccc5c4c3)c3c([2H])c([2H])c([2H])c([2H])c3c(-c3cccc(-c4ccc5ccccc5c4)c3)c2c1[2H].